The number of nitrogens with one attached hydrogen (secondary N) is 5. The molecule has 3 amide bonds. The molecule has 3 saturated heterocycles. The number of carbonyl (C=O) groups is 3. The number of aromatic nitrogens is 8. The maximum absolute atomic E-state index is 11.4. The Kier molecular flexibility index (Phi) is 11.5. The minimum absolute atomic E-state index is 0.204. The Hall–Kier alpha value is -5.29. The van der Waals surface area contributed by atoms with Gasteiger partial charge < -0.3 is 25.9 Å². The maximum atomic E-state index is 11.4. The van der Waals surface area contributed by atoms with E-state index in [4.69, 9.17) is 0 Å². The lowest BCUT2D eigenvalue weighted by atomic mass is 10.4. The molecule has 0 bridgehead atoms. The van der Waals surface area contributed by atoms with Crippen LogP contribution in [0.5, 0.6) is 0 Å². The molecule has 0 saturated carbocycles. The molecule has 4 aromatic heterocycles. The Morgan fingerprint density at radius 1 is 0.523 bits per heavy atom. The van der Waals surface area contributed by atoms with Crippen molar-refractivity contribution in [1.29, 1.82) is 0 Å². The van der Waals surface area contributed by atoms with E-state index in [1.54, 1.807) is 14.1 Å². The number of hydrogen-bond donors (Lipinski definition) is 5. The fourth-order valence-corrected chi connectivity index (χ4v) is 4.23. The highest BCUT2D eigenvalue weighted by Crippen LogP contribution is 1.98. The van der Waals surface area contributed by atoms with Crippen molar-refractivity contribution in [1.82, 2.24) is 54.2 Å². The molecule has 3 aliphatic rings. The molecule has 0 atom stereocenters. The number of rotatable bonds is 0. The van der Waals surface area contributed by atoms with Crippen molar-refractivity contribution in [2.75, 3.05) is 19.6 Å². The number of hydrogen-bond acceptors (Lipinski definition) is 9. The van der Waals surface area contributed by atoms with Crippen LogP contribution in [-0.2, 0) is 42.6 Å². The summed E-state index contributed by atoms with van der Waals surface area (Å²) in [6.07, 6.45) is 8.08. The molecule has 0 radical (unpaired) electrons. The molecule has 18 heteroatoms. The molecular weight excluding hydrogens is 578 g/mol. The van der Waals surface area contributed by atoms with Crippen molar-refractivity contribution in [3.8, 4) is 0 Å². The molecule has 7 heterocycles. The zero-order chi connectivity index (χ0) is 32.4. The zero-order valence-corrected chi connectivity index (χ0v) is 25.1. The molecule has 44 heavy (non-hydrogen) atoms. The number of imidazole rings is 2. The van der Waals surface area contributed by atoms with E-state index in [0.717, 1.165) is 67.3 Å². The molecule has 238 valence electrons. The molecule has 7 rings (SSSR count). The molecule has 0 unspecified atom stereocenters. The van der Waals surface area contributed by atoms with Crippen molar-refractivity contribution in [3.63, 3.8) is 0 Å². The van der Waals surface area contributed by atoms with Gasteiger partial charge in [-0.15, -0.1) is 0 Å². The summed E-state index contributed by atoms with van der Waals surface area (Å²) in [6, 6.07) is 0. The van der Waals surface area contributed by atoms with E-state index in [1.165, 1.54) is 35.9 Å². The first-order valence-electron chi connectivity index (χ1n) is 13.9. The maximum Gasteiger partial charge on any atom is 0.332 e. The second kappa shape index (κ2) is 15.3. The number of carbonyl (C=O) groups excluding carboxylic acids is 3. The van der Waals surface area contributed by atoms with Crippen LogP contribution in [0, 0.1) is 0 Å². The Labute approximate surface area is 249 Å². The van der Waals surface area contributed by atoms with Gasteiger partial charge in [0.15, 0.2) is 11.3 Å². The average molecular weight is 616 g/mol. The molecular formula is C26H37N11O7. The first-order chi connectivity index (χ1) is 20.9. The number of aryl methyl sites for hydroxylation is 2. The number of nitrogens with zero attached hydrogens (tertiary/aromatic N) is 6. The SMILES string of the molecule is Cn1c(=O)c2[nH]cnc2n(C)c1=O.Cn1c(=O)c2[nH]cnc2n(C)c1=O.O=C1CCCN1.O=C1CCCN1.O=C1CCCN1. The first-order valence-corrected chi connectivity index (χ1v) is 13.9. The predicted molar refractivity (Wildman–Crippen MR) is 160 cm³/mol. The minimum atomic E-state index is -0.371. The van der Waals surface area contributed by atoms with Gasteiger partial charge in [-0.1, -0.05) is 0 Å². The van der Waals surface area contributed by atoms with Crippen LogP contribution in [0.2, 0.25) is 0 Å². The van der Waals surface area contributed by atoms with Gasteiger partial charge in [0.25, 0.3) is 11.1 Å². The number of aromatic amines is 2. The summed E-state index contributed by atoms with van der Waals surface area (Å²) in [5, 5.41) is 8.04. The lowest BCUT2D eigenvalue weighted by Crippen LogP contribution is -2.36. The van der Waals surface area contributed by atoms with Crippen LogP contribution in [-0.4, -0.2) is 75.6 Å². The van der Waals surface area contributed by atoms with Crippen molar-refractivity contribution >= 4 is 40.0 Å². The minimum Gasteiger partial charge on any atom is -0.356 e. The summed E-state index contributed by atoms with van der Waals surface area (Å²) in [5.74, 6) is 0.611. The largest absolute Gasteiger partial charge is 0.356 e. The van der Waals surface area contributed by atoms with Crippen molar-refractivity contribution in [3.05, 3.63) is 54.3 Å². The van der Waals surface area contributed by atoms with Gasteiger partial charge in [0, 0.05) is 67.1 Å². The van der Waals surface area contributed by atoms with Gasteiger partial charge in [0.1, 0.15) is 11.0 Å². The Balaban J connectivity index is 0.000000158. The van der Waals surface area contributed by atoms with Crippen molar-refractivity contribution < 1.29 is 14.4 Å². The monoisotopic (exact) mass is 615 g/mol. The Morgan fingerprint density at radius 3 is 1.07 bits per heavy atom. The topological polar surface area (TPSA) is 233 Å². The second-order valence-electron chi connectivity index (χ2n) is 9.97. The highest BCUT2D eigenvalue weighted by atomic mass is 16.2. The van der Waals surface area contributed by atoms with E-state index in [-0.39, 0.29) is 40.2 Å². The van der Waals surface area contributed by atoms with E-state index >= 15 is 0 Å². The number of amides is 3. The molecule has 0 aromatic carbocycles. The highest BCUT2D eigenvalue weighted by molar-refractivity contribution is 5.78. The summed E-state index contributed by atoms with van der Waals surface area (Å²) in [6.45, 7) is 2.66. The van der Waals surface area contributed by atoms with Crippen LogP contribution in [0.3, 0.4) is 0 Å². The molecule has 18 nitrogen and oxygen atoms in total. The van der Waals surface area contributed by atoms with Crippen molar-refractivity contribution in [2.24, 2.45) is 28.2 Å². The third-order valence-corrected chi connectivity index (χ3v) is 6.77. The fourth-order valence-electron chi connectivity index (χ4n) is 4.23. The van der Waals surface area contributed by atoms with Crippen LogP contribution in [0.1, 0.15) is 38.5 Å². The third kappa shape index (κ3) is 8.17. The highest BCUT2D eigenvalue weighted by Gasteiger charge is 2.10. The molecule has 0 aliphatic carbocycles. The Morgan fingerprint density at radius 2 is 0.841 bits per heavy atom. The van der Waals surface area contributed by atoms with E-state index in [0.29, 0.717) is 22.3 Å². The van der Waals surface area contributed by atoms with Gasteiger partial charge >= 0.3 is 11.4 Å². The first kappa shape index (κ1) is 33.2. The third-order valence-electron chi connectivity index (χ3n) is 6.77. The number of H-pyrrole nitrogens is 2. The summed E-state index contributed by atoms with van der Waals surface area (Å²) < 4.78 is 4.74. The van der Waals surface area contributed by atoms with Gasteiger partial charge in [0.05, 0.1) is 12.7 Å². The van der Waals surface area contributed by atoms with E-state index in [9.17, 15) is 33.6 Å². The Bertz CT molecular complexity index is 1700. The van der Waals surface area contributed by atoms with Gasteiger partial charge in [-0.2, -0.15) is 0 Å². The summed E-state index contributed by atoms with van der Waals surface area (Å²) in [4.78, 5) is 89.2. The smallest absolute Gasteiger partial charge is 0.332 e. The van der Waals surface area contributed by atoms with Gasteiger partial charge in [-0.3, -0.25) is 42.2 Å². The molecule has 3 fully saturated rings. The molecule has 4 aromatic rings. The lowest BCUT2D eigenvalue weighted by Gasteiger charge is -2.00. The zero-order valence-electron chi connectivity index (χ0n) is 25.1. The molecule has 5 N–H and O–H groups in total. The average Bonchev–Trinajstić information content (AvgIpc) is 3.85. The second-order valence-corrected chi connectivity index (χ2v) is 9.97. The quantitative estimate of drug-likeness (QED) is 0.142. The fraction of sp³-hybridized carbons (Fsp3) is 0.500. The van der Waals surface area contributed by atoms with Crippen LogP contribution in [0.4, 0.5) is 0 Å². The molecule has 0 spiro atoms. The predicted octanol–water partition coefficient (Wildman–Crippen LogP) is -2.39. The van der Waals surface area contributed by atoms with E-state index < -0.39 is 0 Å². The van der Waals surface area contributed by atoms with E-state index in [1.807, 2.05) is 0 Å². The van der Waals surface area contributed by atoms with Gasteiger partial charge in [-0.05, 0) is 19.3 Å². The summed E-state index contributed by atoms with van der Waals surface area (Å²) >= 11 is 0. The summed E-state index contributed by atoms with van der Waals surface area (Å²) in [7, 11) is 6.02. The van der Waals surface area contributed by atoms with Crippen LogP contribution in [0.25, 0.3) is 22.3 Å². The van der Waals surface area contributed by atoms with Gasteiger partial charge in [-0.25, -0.2) is 19.6 Å². The summed E-state index contributed by atoms with van der Waals surface area (Å²) in [5.41, 5.74) is 0.0239. The van der Waals surface area contributed by atoms with E-state index in [2.05, 4.69) is 35.9 Å². The number of fused-ring (bicyclic) bond motifs is 2. The van der Waals surface area contributed by atoms with Crippen LogP contribution >= 0.6 is 0 Å². The standard InChI is InChI=1S/2C7H8N4O2.3C4H7NO/c2*1-10-5-4(8-3-9-5)6(12)11(2)7(10)13;3*6-4-2-1-3-5-4/h2*3H,1-2H3,(H,8,9);3*1-3H2,(H,5,6). The van der Waals surface area contributed by atoms with Crippen molar-refractivity contribution in [2.45, 2.75) is 38.5 Å². The normalized spacial score (nSPS) is 15.0. The lowest BCUT2D eigenvalue weighted by molar-refractivity contribution is -0.119. The molecule has 3 aliphatic heterocycles. The van der Waals surface area contributed by atoms with Crippen LogP contribution in [0.15, 0.2) is 31.8 Å². The van der Waals surface area contributed by atoms with Gasteiger partial charge in [0.2, 0.25) is 17.7 Å². The van der Waals surface area contributed by atoms with Crippen LogP contribution < -0.4 is 38.4 Å².